The Morgan fingerprint density at radius 2 is 0.430 bits per heavy atom. The highest BCUT2D eigenvalue weighted by Crippen LogP contribution is 2.98. The molecule has 0 bridgehead atoms. The molecule has 4 fully saturated rings. The van der Waals surface area contributed by atoms with Crippen molar-refractivity contribution in [2.24, 2.45) is 5.41 Å². The van der Waals surface area contributed by atoms with E-state index in [1.807, 2.05) is 0 Å². The van der Waals surface area contributed by atoms with Crippen LogP contribution in [0, 0.1) is 5.41 Å². The van der Waals surface area contributed by atoms with E-state index < -0.39 is 23.1 Å². The first-order valence-corrected chi connectivity index (χ1v) is 35.3. The SMILES string of the molecule is COC(=O)C(C1(C(=O)OC)C23c4c5c6c7c8c9c(c%10c%11c2c2c4c4c%12c5c5c6c6c8c8c%13c9c9c%10c%10c%11c%11c2c2c4c4c%12c%12c5c5c6c8c6c8c%13c9c9c%10c%10c%11c2c2c4c4c%12c5c6c5c8c9c%10c2c45)C713)=P(C1CCCC1)(C1CCCC1)C1CCCC1. The van der Waals surface area contributed by atoms with Crippen LogP contribution >= 0.6 is 6.89 Å². The number of ether oxygens (including phenoxy) is 2. The summed E-state index contributed by atoms with van der Waals surface area (Å²) >= 11 is 0. The molecule has 0 radical (unpaired) electrons. The predicted octanol–water partition coefficient (Wildman–Crippen LogP) is 20.7. The van der Waals surface area contributed by atoms with Crippen molar-refractivity contribution in [2.75, 3.05) is 14.2 Å². The van der Waals surface area contributed by atoms with Crippen LogP contribution in [0.3, 0.4) is 0 Å². The Morgan fingerprint density at radius 3 is 0.581 bits per heavy atom. The van der Waals surface area contributed by atoms with Crippen molar-refractivity contribution in [1.29, 1.82) is 0 Å². The minimum Gasteiger partial charge on any atom is -0.468 e. The van der Waals surface area contributed by atoms with Crippen molar-refractivity contribution in [3.8, 4) is 0 Å². The van der Waals surface area contributed by atoms with E-state index in [4.69, 9.17) is 9.47 Å². The molecule has 0 aliphatic heterocycles. The van der Waals surface area contributed by atoms with Gasteiger partial charge in [0.25, 0.3) is 0 Å². The molecule has 0 N–H and O–H groups in total. The summed E-state index contributed by atoms with van der Waals surface area (Å²) in [6.45, 7) is -2.62. The number of hydrogen-bond acceptors (Lipinski definition) is 4. The van der Waals surface area contributed by atoms with Gasteiger partial charge in [-0.1, -0.05) is 45.4 Å². The van der Waals surface area contributed by atoms with Crippen LogP contribution < -0.4 is 0 Å². The number of carbonyl (C=O) groups is 2. The van der Waals surface area contributed by atoms with Gasteiger partial charge in [-0.3, -0.25) is 4.79 Å². The Bertz CT molecular complexity index is 7370. The molecule has 86 heavy (non-hydrogen) atoms. The summed E-state index contributed by atoms with van der Waals surface area (Å²) in [6, 6.07) is 0. The first-order valence-electron chi connectivity index (χ1n) is 33.3. The fourth-order valence-corrected chi connectivity index (χ4v) is 39.6. The minimum absolute atomic E-state index is 0.119. The smallest absolute Gasteiger partial charge is 0.335 e. The van der Waals surface area contributed by atoms with Crippen molar-refractivity contribution in [3.63, 3.8) is 0 Å². The predicted molar refractivity (Wildman–Crippen MR) is 359 cm³/mol. The Morgan fingerprint density at radius 1 is 0.267 bits per heavy atom. The second-order valence-corrected chi connectivity index (χ2v) is 36.3. The summed E-state index contributed by atoms with van der Waals surface area (Å²) in [7, 11) is 3.49. The Balaban J connectivity index is 1.02. The van der Waals surface area contributed by atoms with Gasteiger partial charge in [0.05, 0.1) is 30.3 Å². The number of hydrogen-bond donors (Lipinski definition) is 0. The summed E-state index contributed by atoms with van der Waals surface area (Å²) in [4.78, 5) is 35.9. The van der Waals surface area contributed by atoms with Crippen LogP contribution in [0.1, 0.15) is 99.3 Å². The van der Waals surface area contributed by atoms with Gasteiger partial charge in [-0.25, -0.2) is 4.79 Å². The standard InChI is InChI=1S/C81H33O4P/c1-84-77(82)76(86(15-9-3-4-10-15,16-11-5-6-12-16)17-13-7-8-14-17)81(78(83)85-2)79-72-64-56-46-36-28-20-18-19-22-26-24(20)32-40-34(26)44-38-30(22)31-23(19)27-25-21(18)29(28)37-43-33(25)41-35(27)45-39(31)49-48(38)58-52(44)62-54(40)60(50(56)42(32)36)68(72)70(62)74-66(58)67-59(49)53(45)63-55(41)61-51(43)57(47(37)46)65(64)73(79)69(61)71(63)75(67)80(74,79)81/h15-17H,3-14H2,1-2H3. The molecule has 0 amide bonds. The molecular weight excluding hydrogens is 1070 g/mol. The third kappa shape index (κ3) is 2.13. The molecule has 0 atom stereocenters. The quantitative estimate of drug-likeness (QED) is 0.0946. The Hall–Kier alpha value is -8.30. The molecular formula is C81H33O4P. The zero-order valence-corrected chi connectivity index (χ0v) is 47.2. The van der Waals surface area contributed by atoms with Crippen LogP contribution in [-0.2, 0) is 29.9 Å². The van der Waals surface area contributed by atoms with Gasteiger partial charge in [-0.05, 0) is 369 Å². The normalized spacial score (nSPS) is 25.6. The monoisotopic (exact) mass is 1100 g/mol. The van der Waals surface area contributed by atoms with Crippen molar-refractivity contribution < 1.29 is 19.1 Å². The zero-order valence-electron chi connectivity index (χ0n) is 46.3. The minimum atomic E-state index is -2.62. The highest BCUT2D eigenvalue weighted by atomic mass is 31.2. The number of methoxy groups -OCH3 is 2. The van der Waals surface area contributed by atoms with Gasteiger partial charge in [0, 0.05) is 0 Å². The van der Waals surface area contributed by atoms with E-state index in [0.29, 0.717) is 17.0 Å². The molecule has 28 aromatic carbocycles. The number of benzene rings is 18. The number of carbonyl (C=O) groups excluding carboxylic acids is 2. The third-order valence-corrected chi connectivity index (χ3v) is 38.2. The topological polar surface area (TPSA) is 52.6 Å². The van der Waals surface area contributed by atoms with Crippen molar-refractivity contribution >= 4 is 315 Å². The van der Waals surface area contributed by atoms with Gasteiger partial charge in [0.15, 0.2) is 0 Å². The maximum absolute atomic E-state index is 18.3. The van der Waals surface area contributed by atoms with Crippen molar-refractivity contribution in [1.82, 2.24) is 0 Å². The van der Waals surface area contributed by atoms with E-state index in [1.54, 1.807) is 219 Å². The third-order valence-electron chi connectivity index (χ3n) is 31.8. The second kappa shape index (κ2) is 8.94. The molecule has 4 nitrogen and oxygen atoms in total. The molecule has 0 saturated heterocycles. The van der Waals surface area contributed by atoms with Crippen molar-refractivity contribution in [3.05, 3.63) is 22.3 Å². The van der Waals surface area contributed by atoms with Crippen LogP contribution in [0.2, 0.25) is 0 Å². The fourth-order valence-electron chi connectivity index (χ4n) is 31.6. The summed E-state index contributed by atoms with van der Waals surface area (Å²) < 4.78 is 14.0. The van der Waals surface area contributed by atoms with Gasteiger partial charge in [-0.2, -0.15) is 0 Å². The second-order valence-electron chi connectivity index (χ2n) is 32.0. The van der Waals surface area contributed by atoms with Gasteiger partial charge < -0.3 is 9.47 Å². The lowest BCUT2D eigenvalue weighted by Crippen LogP contribution is -2.46. The van der Waals surface area contributed by atoms with E-state index in [0.717, 1.165) is 43.8 Å². The van der Waals surface area contributed by atoms with Crippen LogP contribution in [0.25, 0.3) is 291 Å². The molecule has 8 aliphatic rings. The largest absolute Gasteiger partial charge is 0.468 e. The van der Waals surface area contributed by atoms with Crippen LogP contribution in [-0.4, -0.2) is 48.4 Å². The van der Waals surface area contributed by atoms with E-state index >= 15 is 9.59 Å². The lowest BCUT2D eigenvalue weighted by Gasteiger charge is -2.47. The average Bonchev–Trinajstić information content (AvgIpc) is 1.35. The highest BCUT2D eigenvalue weighted by molar-refractivity contribution is 7.80. The van der Waals surface area contributed by atoms with Gasteiger partial charge in [-0.15, -0.1) is 0 Å². The van der Waals surface area contributed by atoms with Crippen LogP contribution in [0.15, 0.2) is 0 Å². The molecule has 8 aliphatic carbocycles. The van der Waals surface area contributed by atoms with Crippen LogP contribution in [0.4, 0.5) is 0 Å². The molecule has 0 unspecified atom stereocenters. The van der Waals surface area contributed by atoms with E-state index in [-0.39, 0.29) is 11.9 Å². The Kier molecular flexibility index (Phi) is 3.81. The zero-order chi connectivity index (χ0) is 52.8. The van der Waals surface area contributed by atoms with E-state index in [2.05, 4.69) is 0 Å². The summed E-state index contributed by atoms with van der Waals surface area (Å²) in [6.07, 6.45) is 14.2. The van der Waals surface area contributed by atoms with Gasteiger partial charge in [0.2, 0.25) is 0 Å². The maximum Gasteiger partial charge on any atom is 0.335 e. The fraction of sp³-hybridized carbons (Fsp3) is 0.247. The molecule has 36 rings (SSSR count). The first kappa shape index (κ1) is 36.6. The average molecular weight is 1100 g/mol. The van der Waals surface area contributed by atoms with Gasteiger partial charge in [0.1, 0.15) is 5.41 Å². The van der Waals surface area contributed by atoms with Crippen molar-refractivity contribution in [2.45, 2.75) is 105 Å². The first-order chi connectivity index (χ1) is 42.6. The molecule has 386 valence electrons. The highest BCUT2D eigenvalue weighted by Gasteiger charge is 3.00. The molecule has 0 heterocycles. The number of esters is 2. The Labute approximate surface area is 477 Å². The van der Waals surface area contributed by atoms with E-state index in [1.165, 1.54) is 147 Å². The maximum atomic E-state index is 18.3. The lowest BCUT2D eigenvalue weighted by atomic mass is 9.68. The summed E-state index contributed by atoms with van der Waals surface area (Å²) in [5.41, 5.74) is 3.82. The summed E-state index contributed by atoms with van der Waals surface area (Å²) in [5.74, 6) is -0.253. The van der Waals surface area contributed by atoms with E-state index in [9.17, 15) is 0 Å². The molecule has 0 aromatic heterocycles. The number of rotatable bonds is 6. The molecule has 4 saturated carbocycles. The molecule has 28 aromatic rings. The van der Waals surface area contributed by atoms with Crippen LogP contribution in [0.5, 0.6) is 0 Å². The van der Waals surface area contributed by atoms with Gasteiger partial charge >= 0.3 is 11.9 Å². The molecule has 2 spiro atoms. The lowest BCUT2D eigenvalue weighted by molar-refractivity contribution is -0.146. The molecule has 5 heteroatoms. The summed E-state index contributed by atoms with van der Waals surface area (Å²) in [5, 5.41) is 84.7.